The van der Waals surface area contributed by atoms with E-state index in [-0.39, 0.29) is 5.91 Å². The van der Waals surface area contributed by atoms with Gasteiger partial charge in [0.1, 0.15) is 0 Å². The van der Waals surface area contributed by atoms with Crippen molar-refractivity contribution in [1.82, 2.24) is 14.8 Å². The SMILES string of the molecule is O=C(c1ccncc1)N1CCC(N2CCc3sccc3C2)CC1. The Kier molecular flexibility index (Phi) is 4.14. The number of amides is 1. The van der Waals surface area contributed by atoms with Crippen LogP contribution in [-0.4, -0.2) is 46.4 Å². The van der Waals surface area contributed by atoms with E-state index in [1.54, 1.807) is 29.4 Å². The molecule has 0 atom stereocenters. The number of likely N-dealkylation sites (tertiary alicyclic amines) is 1. The molecular weight excluding hydrogens is 306 g/mol. The van der Waals surface area contributed by atoms with Crippen LogP contribution in [0.15, 0.2) is 36.0 Å². The third-order valence-electron chi connectivity index (χ3n) is 5.03. The predicted octanol–water partition coefficient (Wildman–Crippen LogP) is 2.81. The maximum absolute atomic E-state index is 12.5. The van der Waals surface area contributed by atoms with E-state index in [4.69, 9.17) is 0 Å². The Morgan fingerprint density at radius 2 is 1.91 bits per heavy atom. The van der Waals surface area contributed by atoms with Crippen molar-refractivity contribution in [2.75, 3.05) is 19.6 Å². The number of carbonyl (C=O) groups excluding carboxylic acids is 1. The fourth-order valence-electron chi connectivity index (χ4n) is 3.69. The molecule has 2 aromatic rings. The van der Waals surface area contributed by atoms with Crippen LogP contribution in [0.5, 0.6) is 0 Å². The molecule has 4 nitrogen and oxygen atoms in total. The van der Waals surface area contributed by atoms with Crippen LogP contribution in [0.3, 0.4) is 0 Å². The first-order valence-corrected chi connectivity index (χ1v) is 9.18. The molecule has 0 N–H and O–H groups in total. The van der Waals surface area contributed by atoms with Gasteiger partial charge in [0.15, 0.2) is 0 Å². The van der Waals surface area contributed by atoms with Crippen molar-refractivity contribution in [3.05, 3.63) is 52.0 Å². The average Bonchev–Trinajstić information content (AvgIpc) is 3.10. The lowest BCUT2D eigenvalue weighted by molar-refractivity contribution is 0.0600. The quantitative estimate of drug-likeness (QED) is 0.851. The van der Waals surface area contributed by atoms with Crippen LogP contribution in [0.2, 0.25) is 0 Å². The second-order valence-corrected chi connectivity index (χ2v) is 7.35. The largest absolute Gasteiger partial charge is 0.339 e. The highest BCUT2D eigenvalue weighted by atomic mass is 32.1. The number of carbonyl (C=O) groups is 1. The number of pyridine rings is 1. The summed E-state index contributed by atoms with van der Waals surface area (Å²) in [5, 5.41) is 2.21. The van der Waals surface area contributed by atoms with Gasteiger partial charge in [-0.2, -0.15) is 0 Å². The minimum absolute atomic E-state index is 0.143. The molecule has 2 aliphatic rings. The Balaban J connectivity index is 1.36. The summed E-state index contributed by atoms with van der Waals surface area (Å²) in [7, 11) is 0. The molecule has 0 spiro atoms. The number of aromatic nitrogens is 1. The number of hydrogen-bond donors (Lipinski definition) is 0. The van der Waals surface area contributed by atoms with E-state index in [9.17, 15) is 4.79 Å². The van der Waals surface area contributed by atoms with Crippen LogP contribution in [0.25, 0.3) is 0 Å². The summed E-state index contributed by atoms with van der Waals surface area (Å²) in [5.41, 5.74) is 2.26. The van der Waals surface area contributed by atoms with Gasteiger partial charge >= 0.3 is 0 Å². The molecule has 4 rings (SSSR count). The summed E-state index contributed by atoms with van der Waals surface area (Å²) in [6, 6.07) is 6.49. The molecule has 2 aliphatic heterocycles. The molecule has 0 aliphatic carbocycles. The van der Waals surface area contributed by atoms with E-state index < -0.39 is 0 Å². The number of thiophene rings is 1. The molecule has 0 aromatic carbocycles. The van der Waals surface area contributed by atoms with E-state index >= 15 is 0 Å². The number of rotatable bonds is 2. The molecule has 0 radical (unpaired) electrons. The van der Waals surface area contributed by atoms with Gasteiger partial charge in [0.2, 0.25) is 0 Å². The van der Waals surface area contributed by atoms with Crippen molar-refractivity contribution in [3.63, 3.8) is 0 Å². The van der Waals surface area contributed by atoms with Crippen molar-refractivity contribution in [2.24, 2.45) is 0 Å². The fourth-order valence-corrected chi connectivity index (χ4v) is 4.58. The lowest BCUT2D eigenvalue weighted by Gasteiger charge is -2.40. The summed E-state index contributed by atoms with van der Waals surface area (Å²) in [6.07, 6.45) is 6.72. The van der Waals surface area contributed by atoms with Crippen molar-refractivity contribution < 1.29 is 4.79 Å². The third kappa shape index (κ3) is 3.03. The number of nitrogens with zero attached hydrogens (tertiary/aromatic N) is 3. The molecule has 5 heteroatoms. The van der Waals surface area contributed by atoms with Gasteiger partial charge in [0.25, 0.3) is 5.91 Å². The number of hydrogen-bond acceptors (Lipinski definition) is 4. The van der Waals surface area contributed by atoms with Gasteiger partial charge in [0, 0.05) is 55.1 Å². The van der Waals surface area contributed by atoms with Crippen LogP contribution in [0.4, 0.5) is 0 Å². The normalized spacial score (nSPS) is 19.6. The Morgan fingerprint density at radius 1 is 1.13 bits per heavy atom. The summed E-state index contributed by atoms with van der Waals surface area (Å²) in [5.74, 6) is 0.143. The van der Waals surface area contributed by atoms with Gasteiger partial charge in [-0.15, -0.1) is 11.3 Å². The molecule has 23 heavy (non-hydrogen) atoms. The van der Waals surface area contributed by atoms with Crippen molar-refractivity contribution in [3.8, 4) is 0 Å². The van der Waals surface area contributed by atoms with Crippen LogP contribution in [0, 0.1) is 0 Å². The Bertz CT molecular complexity index is 677. The maximum atomic E-state index is 12.5. The van der Waals surface area contributed by atoms with Crippen molar-refractivity contribution >= 4 is 17.2 Å². The van der Waals surface area contributed by atoms with Crippen molar-refractivity contribution in [2.45, 2.75) is 31.8 Å². The Labute approximate surface area is 140 Å². The molecule has 1 saturated heterocycles. The first-order valence-electron chi connectivity index (χ1n) is 8.30. The van der Waals surface area contributed by atoms with Gasteiger partial charge in [-0.1, -0.05) is 0 Å². The Hall–Kier alpha value is -1.72. The monoisotopic (exact) mass is 327 g/mol. The highest BCUT2D eigenvalue weighted by molar-refractivity contribution is 7.10. The molecule has 0 bridgehead atoms. The van der Waals surface area contributed by atoms with Gasteiger partial charge in [-0.05, 0) is 48.4 Å². The van der Waals surface area contributed by atoms with Crippen LogP contribution < -0.4 is 0 Å². The van der Waals surface area contributed by atoms with Gasteiger partial charge in [-0.3, -0.25) is 14.7 Å². The van der Waals surface area contributed by atoms with E-state index in [0.717, 1.165) is 44.6 Å². The van der Waals surface area contributed by atoms with Gasteiger partial charge < -0.3 is 4.90 Å². The minimum Gasteiger partial charge on any atom is -0.339 e. The lowest BCUT2D eigenvalue weighted by Crippen LogP contribution is -2.47. The maximum Gasteiger partial charge on any atom is 0.253 e. The molecule has 2 aromatic heterocycles. The molecule has 0 unspecified atom stereocenters. The smallest absolute Gasteiger partial charge is 0.253 e. The highest BCUT2D eigenvalue weighted by Crippen LogP contribution is 2.28. The highest BCUT2D eigenvalue weighted by Gasteiger charge is 2.29. The average molecular weight is 327 g/mol. The fraction of sp³-hybridized carbons (Fsp3) is 0.444. The second kappa shape index (κ2) is 6.42. The molecule has 0 saturated carbocycles. The molecule has 1 fully saturated rings. The summed E-state index contributed by atoms with van der Waals surface area (Å²) in [4.78, 5) is 22.6. The number of piperidine rings is 1. The third-order valence-corrected chi connectivity index (χ3v) is 6.06. The second-order valence-electron chi connectivity index (χ2n) is 6.35. The van der Waals surface area contributed by atoms with Gasteiger partial charge in [-0.25, -0.2) is 0 Å². The first kappa shape index (κ1) is 14.8. The topological polar surface area (TPSA) is 36.4 Å². The van der Waals surface area contributed by atoms with Crippen LogP contribution in [0.1, 0.15) is 33.6 Å². The zero-order valence-corrected chi connectivity index (χ0v) is 14.0. The lowest BCUT2D eigenvalue weighted by atomic mass is 9.99. The van der Waals surface area contributed by atoms with E-state index in [1.165, 1.54) is 12.0 Å². The minimum atomic E-state index is 0.143. The zero-order valence-electron chi connectivity index (χ0n) is 13.1. The van der Waals surface area contributed by atoms with Crippen LogP contribution >= 0.6 is 11.3 Å². The molecule has 4 heterocycles. The van der Waals surface area contributed by atoms with Gasteiger partial charge in [0.05, 0.1) is 0 Å². The summed E-state index contributed by atoms with van der Waals surface area (Å²) < 4.78 is 0. The standard InChI is InChI=1S/C18H21N3OS/c22-18(14-1-7-19-8-2-14)20-9-3-16(4-10-20)21-11-5-17-15(13-21)6-12-23-17/h1-2,6-8,12,16H,3-5,9-11,13H2. The first-order chi connectivity index (χ1) is 11.3. The van der Waals surface area contributed by atoms with Crippen LogP contribution in [-0.2, 0) is 13.0 Å². The predicted molar refractivity (Wildman–Crippen MR) is 91.6 cm³/mol. The molecular formula is C18H21N3OS. The molecule has 1 amide bonds. The van der Waals surface area contributed by atoms with E-state index in [1.807, 2.05) is 16.2 Å². The van der Waals surface area contributed by atoms with E-state index in [2.05, 4.69) is 21.3 Å². The zero-order chi connectivity index (χ0) is 15.6. The van der Waals surface area contributed by atoms with E-state index in [0.29, 0.717) is 6.04 Å². The molecule has 120 valence electrons. The Morgan fingerprint density at radius 3 is 2.70 bits per heavy atom. The van der Waals surface area contributed by atoms with Crippen molar-refractivity contribution in [1.29, 1.82) is 0 Å². The number of fused-ring (bicyclic) bond motifs is 1. The summed E-state index contributed by atoms with van der Waals surface area (Å²) in [6.45, 7) is 3.97. The summed E-state index contributed by atoms with van der Waals surface area (Å²) >= 11 is 1.89.